The summed E-state index contributed by atoms with van der Waals surface area (Å²) in [6.45, 7) is 1.99. The van der Waals surface area contributed by atoms with E-state index in [1.807, 2.05) is 6.92 Å². The van der Waals surface area contributed by atoms with Crippen molar-refractivity contribution in [3.8, 4) is 0 Å². The smallest absolute Gasteiger partial charge is 0.328 e. The normalized spacial score (nSPS) is 12.2. The molecule has 1 aromatic heterocycles. The molecule has 6 nitrogen and oxygen atoms in total. The summed E-state index contributed by atoms with van der Waals surface area (Å²) >= 11 is 3.27. The van der Waals surface area contributed by atoms with Crippen molar-refractivity contribution in [3.63, 3.8) is 0 Å². The molecule has 0 aliphatic rings. The van der Waals surface area contributed by atoms with E-state index in [0.29, 0.717) is 12.2 Å². The van der Waals surface area contributed by atoms with Crippen LogP contribution in [0.3, 0.4) is 0 Å². The van der Waals surface area contributed by atoms with Gasteiger partial charge in [-0.3, -0.25) is 4.79 Å². The number of carboxylic acid groups (broad SMARTS) is 1. The van der Waals surface area contributed by atoms with E-state index in [1.165, 1.54) is 0 Å². The van der Waals surface area contributed by atoms with Crippen molar-refractivity contribution in [1.29, 1.82) is 0 Å². The number of carboxylic acids is 1. The van der Waals surface area contributed by atoms with Gasteiger partial charge in [-0.1, -0.05) is 6.92 Å². The molecule has 1 rings (SSSR count). The van der Waals surface area contributed by atoms with Crippen LogP contribution < -0.4 is 5.32 Å². The van der Waals surface area contributed by atoms with Gasteiger partial charge < -0.3 is 20.1 Å². The van der Waals surface area contributed by atoms with Crippen LogP contribution in [0, 0.1) is 0 Å². The highest BCUT2D eigenvalue weighted by Gasteiger charge is 2.21. The van der Waals surface area contributed by atoms with Gasteiger partial charge in [0.05, 0.1) is 6.61 Å². The highest BCUT2D eigenvalue weighted by atomic mass is 79.9. The zero-order valence-electron chi connectivity index (χ0n) is 9.89. The maximum atomic E-state index is 11.9. The van der Waals surface area contributed by atoms with Gasteiger partial charge in [0.25, 0.3) is 5.91 Å². The van der Waals surface area contributed by atoms with Gasteiger partial charge in [0.1, 0.15) is 5.69 Å². The lowest BCUT2D eigenvalue weighted by Crippen LogP contribution is -2.43. The summed E-state index contributed by atoms with van der Waals surface area (Å²) in [5.41, 5.74) is 0.364. The van der Waals surface area contributed by atoms with Crippen molar-refractivity contribution in [3.05, 3.63) is 22.4 Å². The van der Waals surface area contributed by atoms with Crippen LogP contribution in [0.1, 0.15) is 23.8 Å². The Morgan fingerprint density at radius 3 is 2.72 bits per heavy atom. The van der Waals surface area contributed by atoms with Gasteiger partial charge in [0, 0.05) is 17.2 Å². The van der Waals surface area contributed by atoms with Crippen LogP contribution in [-0.2, 0) is 11.3 Å². The second-order valence-electron chi connectivity index (χ2n) is 3.78. The first-order chi connectivity index (χ1) is 8.49. The number of hydrogen-bond acceptors (Lipinski definition) is 3. The standard InChI is InChI=1S/C11H15BrN2O4/c1-2-3-14-5-7(12)4-9(14)10(16)13-8(6-15)11(17)18/h4-5,8,15H,2-3,6H2,1H3,(H,13,16)(H,17,18). The molecule has 0 bridgehead atoms. The number of rotatable bonds is 6. The molecule has 0 aliphatic carbocycles. The number of carbonyl (C=O) groups is 2. The van der Waals surface area contributed by atoms with Crippen LogP contribution in [0.2, 0.25) is 0 Å². The van der Waals surface area contributed by atoms with E-state index < -0.39 is 24.5 Å². The summed E-state index contributed by atoms with van der Waals surface area (Å²) in [7, 11) is 0. The minimum atomic E-state index is -1.29. The first kappa shape index (κ1) is 14.7. The third-order valence-corrected chi connectivity index (χ3v) is 2.78. The molecule has 3 N–H and O–H groups in total. The van der Waals surface area contributed by atoms with Gasteiger partial charge in [-0.25, -0.2) is 4.79 Å². The summed E-state index contributed by atoms with van der Waals surface area (Å²) in [6, 6.07) is 0.322. The number of nitrogens with one attached hydrogen (secondary N) is 1. The Hall–Kier alpha value is -1.34. The molecule has 0 aromatic carbocycles. The number of carbonyl (C=O) groups excluding carboxylic acids is 1. The second-order valence-corrected chi connectivity index (χ2v) is 4.70. The Bertz CT molecular complexity index is 444. The average Bonchev–Trinajstić information content (AvgIpc) is 2.67. The van der Waals surface area contributed by atoms with Crippen LogP contribution in [0.5, 0.6) is 0 Å². The summed E-state index contributed by atoms with van der Waals surface area (Å²) in [5, 5.41) is 19.9. The molecule has 1 aromatic rings. The molecule has 0 spiro atoms. The molecule has 0 aliphatic heterocycles. The molecule has 7 heteroatoms. The van der Waals surface area contributed by atoms with Crippen LogP contribution >= 0.6 is 15.9 Å². The van der Waals surface area contributed by atoms with Gasteiger partial charge in [-0.15, -0.1) is 0 Å². The Morgan fingerprint density at radius 1 is 1.56 bits per heavy atom. The van der Waals surface area contributed by atoms with Crippen molar-refractivity contribution < 1.29 is 19.8 Å². The fraction of sp³-hybridized carbons (Fsp3) is 0.455. The lowest BCUT2D eigenvalue weighted by Gasteiger charge is -2.13. The van der Waals surface area contributed by atoms with Crippen LogP contribution in [-0.4, -0.2) is 39.3 Å². The Labute approximate surface area is 113 Å². The van der Waals surface area contributed by atoms with Crippen molar-refractivity contribution in [1.82, 2.24) is 9.88 Å². The third kappa shape index (κ3) is 3.58. The van der Waals surface area contributed by atoms with E-state index in [2.05, 4.69) is 21.2 Å². The summed E-state index contributed by atoms with van der Waals surface area (Å²) in [4.78, 5) is 22.6. The average molecular weight is 319 g/mol. The first-order valence-corrected chi connectivity index (χ1v) is 6.29. The Kier molecular flexibility index (Phi) is 5.36. The number of amides is 1. The minimum Gasteiger partial charge on any atom is -0.480 e. The lowest BCUT2D eigenvalue weighted by molar-refractivity contribution is -0.140. The van der Waals surface area contributed by atoms with Gasteiger partial charge in [0.15, 0.2) is 6.04 Å². The third-order valence-electron chi connectivity index (χ3n) is 2.35. The van der Waals surface area contributed by atoms with Gasteiger partial charge in [-0.05, 0) is 28.4 Å². The largest absolute Gasteiger partial charge is 0.480 e. The van der Waals surface area contributed by atoms with Gasteiger partial charge in [0.2, 0.25) is 0 Å². The van der Waals surface area contributed by atoms with E-state index in [9.17, 15) is 9.59 Å². The number of aryl methyl sites for hydroxylation is 1. The fourth-order valence-electron chi connectivity index (χ4n) is 1.51. The van der Waals surface area contributed by atoms with E-state index >= 15 is 0 Å². The van der Waals surface area contributed by atoms with Gasteiger partial charge >= 0.3 is 5.97 Å². The SMILES string of the molecule is CCCn1cc(Br)cc1C(=O)NC(CO)C(=O)O. The summed E-state index contributed by atoms with van der Waals surface area (Å²) in [6.07, 6.45) is 2.61. The van der Waals surface area contributed by atoms with E-state index in [0.717, 1.165) is 10.9 Å². The number of aliphatic hydroxyl groups excluding tert-OH is 1. The Morgan fingerprint density at radius 2 is 2.22 bits per heavy atom. The predicted molar refractivity (Wildman–Crippen MR) is 68.4 cm³/mol. The maximum Gasteiger partial charge on any atom is 0.328 e. The van der Waals surface area contributed by atoms with Gasteiger partial charge in [-0.2, -0.15) is 0 Å². The van der Waals surface area contributed by atoms with Crippen LogP contribution in [0.25, 0.3) is 0 Å². The van der Waals surface area contributed by atoms with E-state index in [1.54, 1.807) is 16.8 Å². The minimum absolute atomic E-state index is 0.364. The molecule has 1 atom stereocenters. The maximum absolute atomic E-state index is 11.9. The van der Waals surface area contributed by atoms with E-state index in [-0.39, 0.29) is 0 Å². The topological polar surface area (TPSA) is 91.6 Å². The molecule has 1 amide bonds. The molecular weight excluding hydrogens is 304 g/mol. The number of hydrogen-bond donors (Lipinski definition) is 3. The van der Waals surface area contributed by atoms with Crippen molar-refractivity contribution in [2.75, 3.05) is 6.61 Å². The molecule has 0 saturated carbocycles. The van der Waals surface area contributed by atoms with E-state index in [4.69, 9.17) is 10.2 Å². The lowest BCUT2D eigenvalue weighted by atomic mass is 10.3. The predicted octanol–water partition coefficient (Wildman–Crippen LogP) is 0.836. The zero-order valence-corrected chi connectivity index (χ0v) is 11.5. The Balaban J connectivity index is 2.86. The molecule has 0 radical (unpaired) electrons. The summed E-state index contributed by atoms with van der Waals surface area (Å²) in [5.74, 6) is -1.78. The monoisotopic (exact) mass is 318 g/mol. The molecule has 0 fully saturated rings. The van der Waals surface area contributed by atoms with Crippen molar-refractivity contribution in [2.45, 2.75) is 25.9 Å². The molecule has 1 unspecified atom stereocenters. The highest BCUT2D eigenvalue weighted by Crippen LogP contribution is 2.15. The molecule has 100 valence electrons. The highest BCUT2D eigenvalue weighted by molar-refractivity contribution is 9.10. The quantitative estimate of drug-likeness (QED) is 0.724. The second kappa shape index (κ2) is 6.55. The first-order valence-electron chi connectivity index (χ1n) is 5.49. The molecule has 0 saturated heterocycles. The summed E-state index contributed by atoms with van der Waals surface area (Å²) < 4.78 is 2.48. The van der Waals surface area contributed by atoms with Crippen LogP contribution in [0.4, 0.5) is 0 Å². The zero-order chi connectivity index (χ0) is 13.7. The number of aliphatic hydroxyl groups is 1. The fourth-order valence-corrected chi connectivity index (χ4v) is 1.97. The van der Waals surface area contributed by atoms with Crippen molar-refractivity contribution in [2.24, 2.45) is 0 Å². The van der Waals surface area contributed by atoms with Crippen LogP contribution in [0.15, 0.2) is 16.7 Å². The van der Waals surface area contributed by atoms with Crippen molar-refractivity contribution >= 4 is 27.8 Å². The number of nitrogens with zero attached hydrogens (tertiary/aromatic N) is 1. The molecule has 1 heterocycles. The molecule has 18 heavy (non-hydrogen) atoms. The molecular formula is C11H15BrN2O4. The number of aromatic nitrogens is 1. The number of aliphatic carboxylic acids is 1. The number of halogens is 1.